The van der Waals surface area contributed by atoms with Gasteiger partial charge in [0.05, 0.1) is 24.4 Å². The average molecular weight is 340 g/mol. The van der Waals surface area contributed by atoms with Gasteiger partial charge in [-0.25, -0.2) is 9.97 Å². The quantitative estimate of drug-likeness (QED) is 0.893. The second-order valence-corrected chi connectivity index (χ2v) is 5.79. The molecule has 1 saturated heterocycles. The third kappa shape index (κ3) is 3.60. The predicted octanol–water partition coefficient (Wildman–Crippen LogP) is 1.58. The van der Waals surface area contributed by atoms with Crippen molar-refractivity contribution in [3.05, 3.63) is 48.0 Å². The molecular weight excluding hydrogens is 320 g/mol. The lowest BCUT2D eigenvalue weighted by Crippen LogP contribution is -2.37. The molecule has 3 rings (SSSR count). The Morgan fingerprint density at radius 1 is 1.32 bits per heavy atom. The predicted molar refractivity (Wildman–Crippen MR) is 92.6 cm³/mol. The van der Waals surface area contributed by atoms with Crippen molar-refractivity contribution in [1.82, 2.24) is 15.3 Å². The van der Waals surface area contributed by atoms with Crippen LogP contribution in [0.3, 0.4) is 0 Å². The van der Waals surface area contributed by atoms with Gasteiger partial charge in [-0.15, -0.1) is 0 Å². The van der Waals surface area contributed by atoms with Gasteiger partial charge in [0.25, 0.3) is 5.91 Å². The molecule has 2 aromatic rings. The number of aromatic nitrogens is 2. The van der Waals surface area contributed by atoms with Crippen molar-refractivity contribution < 1.29 is 14.3 Å². The minimum atomic E-state index is -0.276. The van der Waals surface area contributed by atoms with Crippen LogP contribution in [0.5, 0.6) is 5.75 Å². The van der Waals surface area contributed by atoms with Gasteiger partial charge in [-0.1, -0.05) is 19.1 Å². The lowest BCUT2D eigenvalue weighted by atomic mass is 10.2. The van der Waals surface area contributed by atoms with E-state index in [2.05, 4.69) is 15.3 Å². The Bertz CT molecular complexity index is 776. The molecule has 0 spiro atoms. The number of aryl methyl sites for hydroxylation is 1. The Morgan fingerprint density at radius 3 is 2.72 bits per heavy atom. The number of hydrogen-bond donors (Lipinski definition) is 1. The fourth-order valence-electron chi connectivity index (χ4n) is 2.81. The van der Waals surface area contributed by atoms with E-state index in [0.29, 0.717) is 35.8 Å². The van der Waals surface area contributed by atoms with Crippen LogP contribution in [0.1, 0.15) is 29.5 Å². The Morgan fingerprint density at radius 2 is 2.04 bits per heavy atom. The molecule has 1 aromatic carbocycles. The molecule has 25 heavy (non-hydrogen) atoms. The number of carbonyl (C=O) groups is 2. The van der Waals surface area contributed by atoms with Crippen LogP contribution >= 0.6 is 0 Å². The zero-order chi connectivity index (χ0) is 17.8. The summed E-state index contributed by atoms with van der Waals surface area (Å²) in [4.78, 5) is 34.6. The van der Waals surface area contributed by atoms with Gasteiger partial charge >= 0.3 is 0 Å². The van der Waals surface area contributed by atoms with Crippen molar-refractivity contribution in [2.75, 3.05) is 18.6 Å². The topological polar surface area (TPSA) is 84.4 Å². The smallest absolute Gasteiger partial charge is 0.254 e. The molecular formula is C18H20N4O3. The van der Waals surface area contributed by atoms with Crippen molar-refractivity contribution >= 4 is 17.5 Å². The highest BCUT2D eigenvalue weighted by molar-refractivity contribution is 5.99. The van der Waals surface area contributed by atoms with Crippen LogP contribution in [0.15, 0.2) is 36.7 Å². The summed E-state index contributed by atoms with van der Waals surface area (Å²) in [5.74, 6) is 0.996. The van der Waals surface area contributed by atoms with Crippen molar-refractivity contribution in [2.45, 2.75) is 25.8 Å². The highest BCUT2D eigenvalue weighted by Gasteiger charge is 2.33. The molecule has 1 atom stereocenters. The van der Waals surface area contributed by atoms with Gasteiger partial charge in [0.1, 0.15) is 11.6 Å². The monoisotopic (exact) mass is 340 g/mol. The van der Waals surface area contributed by atoms with Gasteiger partial charge in [-0.3, -0.25) is 9.59 Å². The second kappa shape index (κ2) is 7.29. The zero-order valence-electron chi connectivity index (χ0n) is 14.2. The van der Waals surface area contributed by atoms with E-state index in [-0.39, 0.29) is 24.3 Å². The highest BCUT2D eigenvalue weighted by Crippen LogP contribution is 2.31. The van der Waals surface area contributed by atoms with Gasteiger partial charge < -0.3 is 15.0 Å². The number of anilines is 1. The third-order valence-electron chi connectivity index (χ3n) is 4.12. The van der Waals surface area contributed by atoms with Crippen LogP contribution < -0.4 is 15.0 Å². The summed E-state index contributed by atoms with van der Waals surface area (Å²) in [5.41, 5.74) is 1.10. The summed E-state index contributed by atoms with van der Waals surface area (Å²) >= 11 is 0. The van der Waals surface area contributed by atoms with E-state index in [1.54, 1.807) is 18.1 Å². The maximum Gasteiger partial charge on any atom is 0.254 e. The Kier molecular flexibility index (Phi) is 4.92. The number of amides is 2. The molecule has 0 saturated carbocycles. The lowest BCUT2D eigenvalue weighted by Gasteiger charge is -2.19. The van der Waals surface area contributed by atoms with E-state index in [4.69, 9.17) is 4.74 Å². The number of para-hydroxylation sites is 2. The summed E-state index contributed by atoms with van der Waals surface area (Å²) < 4.78 is 5.32. The molecule has 1 fully saturated rings. The van der Waals surface area contributed by atoms with Crippen LogP contribution in [0.2, 0.25) is 0 Å². The second-order valence-electron chi connectivity index (χ2n) is 5.79. The van der Waals surface area contributed by atoms with Crippen LogP contribution in [0.25, 0.3) is 0 Å². The first-order valence-electron chi connectivity index (χ1n) is 8.17. The minimum Gasteiger partial charge on any atom is -0.495 e. The van der Waals surface area contributed by atoms with Gasteiger partial charge in [0.2, 0.25) is 5.91 Å². The van der Waals surface area contributed by atoms with E-state index in [0.717, 1.165) is 0 Å². The number of rotatable bonds is 5. The first kappa shape index (κ1) is 16.9. The van der Waals surface area contributed by atoms with Crippen LogP contribution in [-0.4, -0.2) is 41.5 Å². The molecule has 2 amide bonds. The largest absolute Gasteiger partial charge is 0.495 e. The summed E-state index contributed by atoms with van der Waals surface area (Å²) in [6.45, 7) is 2.35. The number of benzene rings is 1. The average Bonchev–Trinajstić information content (AvgIpc) is 3.01. The van der Waals surface area contributed by atoms with Crippen molar-refractivity contribution in [2.24, 2.45) is 0 Å². The zero-order valence-corrected chi connectivity index (χ0v) is 14.2. The van der Waals surface area contributed by atoms with E-state index >= 15 is 0 Å². The van der Waals surface area contributed by atoms with Crippen LogP contribution in [0.4, 0.5) is 5.69 Å². The van der Waals surface area contributed by atoms with Crippen LogP contribution in [-0.2, 0) is 11.2 Å². The molecule has 1 aromatic heterocycles. The van der Waals surface area contributed by atoms with Crippen LogP contribution in [0, 0.1) is 0 Å². The number of nitrogens with zero attached hydrogens (tertiary/aromatic N) is 3. The number of carbonyl (C=O) groups excluding carboxylic acids is 2. The van der Waals surface area contributed by atoms with Gasteiger partial charge in [-0.2, -0.15) is 0 Å². The fraction of sp³-hybridized carbons (Fsp3) is 0.333. The molecule has 0 bridgehead atoms. The molecule has 7 nitrogen and oxygen atoms in total. The molecule has 1 N–H and O–H groups in total. The SMILES string of the molecule is CCc1ncc(C(=O)N[C@H]2CC(=O)N(c3ccccc3OC)C2)cn1. The van der Waals surface area contributed by atoms with Crippen molar-refractivity contribution in [3.63, 3.8) is 0 Å². The Labute approximate surface area is 146 Å². The van der Waals surface area contributed by atoms with E-state index in [1.165, 1.54) is 12.4 Å². The fourth-order valence-corrected chi connectivity index (χ4v) is 2.81. The maximum absolute atomic E-state index is 12.3. The standard InChI is InChI=1S/C18H20N4O3/c1-3-16-19-9-12(10-20-16)18(24)21-13-8-17(23)22(11-13)14-6-4-5-7-15(14)25-2/h4-7,9-10,13H,3,8,11H2,1-2H3,(H,21,24)/t13-/m0/s1. The minimum absolute atomic E-state index is 0.0487. The molecule has 0 aliphatic carbocycles. The Balaban J connectivity index is 1.69. The summed E-state index contributed by atoms with van der Waals surface area (Å²) in [7, 11) is 1.57. The Hall–Kier alpha value is -2.96. The summed E-state index contributed by atoms with van der Waals surface area (Å²) in [5, 5.41) is 2.88. The van der Waals surface area contributed by atoms with E-state index < -0.39 is 0 Å². The van der Waals surface area contributed by atoms with E-state index in [9.17, 15) is 9.59 Å². The normalized spacial score (nSPS) is 16.8. The summed E-state index contributed by atoms with van der Waals surface area (Å²) in [6.07, 6.45) is 3.98. The third-order valence-corrected chi connectivity index (χ3v) is 4.12. The summed E-state index contributed by atoms with van der Waals surface area (Å²) in [6, 6.07) is 7.07. The van der Waals surface area contributed by atoms with Gasteiger partial charge in [0, 0.05) is 31.8 Å². The van der Waals surface area contributed by atoms with Gasteiger partial charge in [-0.05, 0) is 12.1 Å². The number of hydrogen-bond acceptors (Lipinski definition) is 5. The first-order valence-corrected chi connectivity index (χ1v) is 8.17. The van der Waals surface area contributed by atoms with Crippen molar-refractivity contribution in [1.29, 1.82) is 0 Å². The number of ether oxygens (including phenoxy) is 1. The number of nitrogens with one attached hydrogen (secondary N) is 1. The van der Waals surface area contributed by atoms with Crippen molar-refractivity contribution in [3.8, 4) is 5.75 Å². The lowest BCUT2D eigenvalue weighted by molar-refractivity contribution is -0.117. The molecule has 2 heterocycles. The molecule has 130 valence electrons. The molecule has 7 heteroatoms. The number of methoxy groups -OCH3 is 1. The van der Waals surface area contributed by atoms with Gasteiger partial charge in [0.15, 0.2) is 0 Å². The molecule has 1 aliphatic rings. The molecule has 1 aliphatic heterocycles. The molecule has 0 unspecified atom stereocenters. The first-order chi connectivity index (χ1) is 12.1. The van der Waals surface area contributed by atoms with E-state index in [1.807, 2.05) is 25.1 Å². The maximum atomic E-state index is 12.3. The highest BCUT2D eigenvalue weighted by atomic mass is 16.5. The molecule has 0 radical (unpaired) electrons.